The highest BCUT2D eigenvalue weighted by molar-refractivity contribution is 7.90. The minimum absolute atomic E-state index is 0.0393. The van der Waals surface area contributed by atoms with Crippen molar-refractivity contribution < 1.29 is 8.42 Å². The van der Waals surface area contributed by atoms with Crippen molar-refractivity contribution >= 4 is 22.0 Å². The molecule has 0 amide bonds. The quantitative estimate of drug-likeness (QED) is 0.713. The largest absolute Gasteiger partial charge is 0.330 e. The van der Waals surface area contributed by atoms with E-state index in [-0.39, 0.29) is 5.03 Å². The summed E-state index contributed by atoms with van der Waals surface area (Å²) in [6.07, 6.45) is 2.86. The van der Waals surface area contributed by atoms with Gasteiger partial charge in [0.2, 0.25) is 5.03 Å². The predicted octanol–water partition coefficient (Wildman–Crippen LogP) is 0.947. The Morgan fingerprint density at radius 3 is 2.87 bits per heavy atom. The molecule has 0 N–H and O–H groups in total. The van der Waals surface area contributed by atoms with Crippen LogP contribution in [0.25, 0.3) is 0 Å². The van der Waals surface area contributed by atoms with Gasteiger partial charge in [0.15, 0.2) is 0 Å². The molecule has 1 aromatic rings. The molecule has 2 rings (SSSR count). The van der Waals surface area contributed by atoms with E-state index >= 15 is 0 Å². The smallest absolute Gasteiger partial charge is 0.303 e. The second-order valence-corrected chi connectivity index (χ2v) is 4.87. The minimum atomic E-state index is -3.59. The molecule has 5 nitrogen and oxygen atoms in total. The summed E-state index contributed by atoms with van der Waals surface area (Å²) in [5.41, 5.74) is 1.53. The Morgan fingerprint density at radius 1 is 1.47 bits per heavy atom. The third-order valence-corrected chi connectivity index (χ3v) is 3.36. The molecule has 0 radical (unpaired) electrons. The van der Waals surface area contributed by atoms with Gasteiger partial charge in [-0.15, -0.1) is 4.40 Å². The van der Waals surface area contributed by atoms with Gasteiger partial charge < -0.3 is 4.90 Å². The zero-order valence-corrected chi connectivity index (χ0v) is 9.32. The monoisotopic (exact) mass is 225 g/mol. The number of rotatable bonds is 1. The fourth-order valence-electron chi connectivity index (χ4n) is 1.43. The van der Waals surface area contributed by atoms with Crippen LogP contribution in [0, 0.1) is 6.92 Å². The number of hydrogen-bond donors (Lipinski definition) is 0. The Kier molecular flexibility index (Phi) is 2.22. The molecule has 80 valence electrons. The average Bonchev–Trinajstić information content (AvgIpc) is 2.17. The topological polar surface area (TPSA) is 62.6 Å². The first-order chi connectivity index (χ1) is 7.04. The molecule has 0 saturated carbocycles. The highest BCUT2D eigenvalue weighted by Crippen LogP contribution is 2.27. The number of pyridine rings is 1. The third-order valence-electron chi connectivity index (χ3n) is 2.19. The van der Waals surface area contributed by atoms with Crippen LogP contribution in [-0.4, -0.2) is 26.3 Å². The van der Waals surface area contributed by atoms with Gasteiger partial charge in [-0.2, -0.15) is 8.42 Å². The molecule has 6 heteroatoms. The van der Waals surface area contributed by atoms with E-state index in [4.69, 9.17) is 0 Å². The average molecular weight is 225 g/mol. The molecular formula is C9H11N3O2S. The van der Waals surface area contributed by atoms with Crippen LogP contribution in [0.5, 0.6) is 0 Å². The van der Waals surface area contributed by atoms with Crippen LogP contribution in [0.4, 0.5) is 5.69 Å². The standard InChI is InChI=1S/C9H11N3O2S/c1-3-12-6-11-15(13,14)9-8(12)4-7(2)5-10-9/h4-6H,3H2,1-2H3. The SMILES string of the molecule is CCN1C=NS(=O)(=O)c2ncc(C)cc21. The number of aryl methyl sites for hydroxylation is 1. The van der Waals surface area contributed by atoms with Gasteiger partial charge in [0.25, 0.3) is 0 Å². The first-order valence-corrected chi connectivity index (χ1v) is 6.02. The molecule has 0 atom stereocenters. The van der Waals surface area contributed by atoms with Crippen molar-refractivity contribution in [3.63, 3.8) is 0 Å². The fraction of sp³-hybridized carbons (Fsp3) is 0.333. The number of hydrogen-bond acceptors (Lipinski definition) is 4. The number of sulfonamides is 1. The van der Waals surface area contributed by atoms with Crippen molar-refractivity contribution in [3.8, 4) is 0 Å². The highest BCUT2D eigenvalue weighted by Gasteiger charge is 2.26. The molecule has 15 heavy (non-hydrogen) atoms. The van der Waals surface area contributed by atoms with Crippen molar-refractivity contribution in [2.75, 3.05) is 11.4 Å². The normalized spacial score (nSPS) is 17.6. The maximum absolute atomic E-state index is 11.6. The van der Waals surface area contributed by atoms with E-state index in [1.54, 1.807) is 11.0 Å². The van der Waals surface area contributed by atoms with Crippen LogP contribution < -0.4 is 4.90 Å². The van der Waals surface area contributed by atoms with Crippen LogP contribution in [0.3, 0.4) is 0 Å². The second kappa shape index (κ2) is 3.30. The Hall–Kier alpha value is -1.43. The first-order valence-electron chi connectivity index (χ1n) is 4.58. The lowest BCUT2D eigenvalue weighted by molar-refractivity contribution is 0.593. The van der Waals surface area contributed by atoms with E-state index in [1.165, 1.54) is 12.5 Å². The molecule has 0 saturated heterocycles. The van der Waals surface area contributed by atoms with Crippen molar-refractivity contribution in [2.24, 2.45) is 4.40 Å². The molecule has 1 aliphatic heterocycles. The van der Waals surface area contributed by atoms with Crippen molar-refractivity contribution in [2.45, 2.75) is 18.9 Å². The van der Waals surface area contributed by atoms with Gasteiger partial charge in [-0.25, -0.2) is 4.98 Å². The number of fused-ring (bicyclic) bond motifs is 1. The van der Waals surface area contributed by atoms with Crippen LogP contribution in [-0.2, 0) is 10.0 Å². The van der Waals surface area contributed by atoms with Gasteiger partial charge in [-0.1, -0.05) is 0 Å². The number of aromatic nitrogens is 1. The van der Waals surface area contributed by atoms with Gasteiger partial charge >= 0.3 is 10.0 Å². The summed E-state index contributed by atoms with van der Waals surface area (Å²) >= 11 is 0. The molecule has 2 heterocycles. The summed E-state index contributed by atoms with van der Waals surface area (Å²) < 4.78 is 26.6. The minimum Gasteiger partial charge on any atom is -0.330 e. The molecule has 0 unspecified atom stereocenters. The molecule has 0 aliphatic carbocycles. The van der Waals surface area contributed by atoms with Gasteiger partial charge in [-0.05, 0) is 25.5 Å². The molecule has 0 spiro atoms. The van der Waals surface area contributed by atoms with Crippen LogP contribution in [0.15, 0.2) is 21.7 Å². The fourth-order valence-corrected chi connectivity index (χ4v) is 2.39. The highest BCUT2D eigenvalue weighted by atomic mass is 32.2. The summed E-state index contributed by atoms with van der Waals surface area (Å²) in [6, 6.07) is 1.80. The van der Waals surface area contributed by atoms with E-state index in [2.05, 4.69) is 9.38 Å². The summed E-state index contributed by atoms with van der Waals surface area (Å²) in [5.74, 6) is 0. The Balaban J connectivity index is 2.70. The molecule has 0 bridgehead atoms. The van der Waals surface area contributed by atoms with Crippen LogP contribution >= 0.6 is 0 Å². The lowest BCUT2D eigenvalue weighted by Crippen LogP contribution is -2.27. The lowest BCUT2D eigenvalue weighted by atomic mass is 10.3. The van der Waals surface area contributed by atoms with E-state index in [0.717, 1.165) is 5.56 Å². The maximum Gasteiger partial charge on any atom is 0.303 e. The van der Waals surface area contributed by atoms with Gasteiger partial charge in [0, 0.05) is 12.7 Å². The van der Waals surface area contributed by atoms with Crippen molar-refractivity contribution in [1.29, 1.82) is 0 Å². The maximum atomic E-state index is 11.6. The molecular weight excluding hydrogens is 214 g/mol. The molecule has 0 aromatic carbocycles. The van der Waals surface area contributed by atoms with Crippen LogP contribution in [0.2, 0.25) is 0 Å². The Bertz CT molecular complexity index is 522. The van der Waals surface area contributed by atoms with Gasteiger partial charge in [-0.3, -0.25) is 0 Å². The summed E-state index contributed by atoms with van der Waals surface area (Å²) in [7, 11) is -3.59. The van der Waals surface area contributed by atoms with Gasteiger partial charge in [0.05, 0.1) is 5.69 Å². The number of anilines is 1. The number of nitrogens with zero attached hydrogens (tertiary/aromatic N) is 3. The lowest BCUT2D eigenvalue weighted by Gasteiger charge is -2.22. The van der Waals surface area contributed by atoms with Gasteiger partial charge in [0.1, 0.15) is 6.34 Å². The van der Waals surface area contributed by atoms with Crippen LogP contribution in [0.1, 0.15) is 12.5 Å². The zero-order valence-electron chi connectivity index (χ0n) is 8.51. The van der Waals surface area contributed by atoms with E-state index in [0.29, 0.717) is 12.2 Å². The Labute approximate surface area is 88.5 Å². The summed E-state index contributed by atoms with van der Waals surface area (Å²) in [5, 5.41) is 0.0393. The van der Waals surface area contributed by atoms with Crippen molar-refractivity contribution in [3.05, 3.63) is 17.8 Å². The predicted molar refractivity (Wildman–Crippen MR) is 57.7 cm³/mol. The Morgan fingerprint density at radius 2 is 2.20 bits per heavy atom. The van der Waals surface area contributed by atoms with E-state index < -0.39 is 10.0 Å². The molecule has 1 aliphatic rings. The molecule has 1 aromatic heterocycles. The van der Waals surface area contributed by atoms with E-state index in [9.17, 15) is 8.42 Å². The van der Waals surface area contributed by atoms with E-state index in [1.807, 2.05) is 13.8 Å². The summed E-state index contributed by atoms with van der Waals surface area (Å²) in [4.78, 5) is 5.69. The van der Waals surface area contributed by atoms with Crippen molar-refractivity contribution in [1.82, 2.24) is 4.98 Å². The first kappa shape index (κ1) is 10.1. The molecule has 0 fully saturated rings. The zero-order chi connectivity index (χ0) is 11.1. The summed E-state index contributed by atoms with van der Waals surface area (Å²) in [6.45, 7) is 4.46. The third kappa shape index (κ3) is 1.61. The second-order valence-electron chi connectivity index (χ2n) is 3.32.